The summed E-state index contributed by atoms with van der Waals surface area (Å²) >= 11 is 18.0. The number of benzene rings is 1. The number of nitrogens with one attached hydrogen (secondary N) is 1. The number of ether oxygens (including phenoxy) is 1. The van der Waals surface area contributed by atoms with Gasteiger partial charge in [0.15, 0.2) is 0 Å². The summed E-state index contributed by atoms with van der Waals surface area (Å²) in [5.41, 5.74) is 0.646. The summed E-state index contributed by atoms with van der Waals surface area (Å²) < 4.78 is 4.77. The molecule has 1 aromatic rings. The molecule has 1 saturated heterocycles. The van der Waals surface area contributed by atoms with Gasteiger partial charge in [-0.15, -0.1) is 12.4 Å². The molecule has 0 aromatic heterocycles. The third-order valence-electron chi connectivity index (χ3n) is 2.36. The molecule has 0 radical (unpaired) electrons. The van der Waals surface area contributed by atoms with Crippen LogP contribution in [0.4, 0.5) is 4.79 Å². The fourth-order valence-corrected chi connectivity index (χ4v) is 2.40. The highest BCUT2D eigenvalue weighted by atomic mass is 35.5. The van der Waals surface area contributed by atoms with Crippen LogP contribution in [0, 0.1) is 0 Å². The smallest absolute Gasteiger partial charge is 0.407 e. The zero-order valence-electron chi connectivity index (χ0n) is 8.50. The summed E-state index contributed by atoms with van der Waals surface area (Å²) in [5, 5.41) is 3.94. The summed E-state index contributed by atoms with van der Waals surface area (Å²) in [6.07, 6.45) is 0.147. The Labute approximate surface area is 120 Å². The Balaban J connectivity index is 0.00000144. The van der Waals surface area contributed by atoms with Gasteiger partial charge in [-0.3, -0.25) is 0 Å². The minimum absolute atomic E-state index is 0. The van der Waals surface area contributed by atoms with E-state index in [4.69, 9.17) is 39.5 Å². The van der Waals surface area contributed by atoms with E-state index in [-0.39, 0.29) is 18.4 Å². The summed E-state index contributed by atoms with van der Waals surface area (Å²) in [6, 6.07) is 3.03. The third-order valence-corrected chi connectivity index (χ3v) is 3.51. The Morgan fingerprint density at radius 1 is 1.24 bits per heavy atom. The van der Waals surface area contributed by atoms with Gasteiger partial charge < -0.3 is 10.1 Å². The summed E-state index contributed by atoms with van der Waals surface area (Å²) in [7, 11) is 0. The quantitative estimate of drug-likeness (QED) is 0.787. The fourth-order valence-electron chi connectivity index (χ4n) is 1.60. The Hall–Kier alpha value is -0.350. The molecule has 3 nitrogen and oxygen atoms in total. The summed E-state index contributed by atoms with van der Waals surface area (Å²) in [4.78, 5) is 11.1. The molecule has 1 atom stereocenters. The predicted molar refractivity (Wildman–Crippen MR) is 70.6 cm³/mol. The topological polar surface area (TPSA) is 38.3 Å². The molecule has 1 amide bonds. The molecule has 1 fully saturated rings. The lowest BCUT2D eigenvalue weighted by atomic mass is 10.0. The van der Waals surface area contributed by atoms with Crippen LogP contribution in [-0.4, -0.2) is 12.7 Å². The zero-order chi connectivity index (χ0) is 11.7. The zero-order valence-corrected chi connectivity index (χ0v) is 11.6. The monoisotopic (exact) mass is 315 g/mol. The van der Waals surface area contributed by atoms with Crippen LogP contribution in [0.5, 0.6) is 0 Å². The lowest BCUT2D eigenvalue weighted by molar-refractivity contribution is 0.115. The van der Waals surface area contributed by atoms with Crippen LogP contribution in [0.15, 0.2) is 12.1 Å². The lowest BCUT2D eigenvalue weighted by Crippen LogP contribution is -2.35. The minimum atomic E-state index is -0.469. The molecule has 2 rings (SSSR count). The van der Waals surface area contributed by atoms with Crippen molar-refractivity contribution < 1.29 is 9.53 Å². The molecule has 94 valence electrons. The first-order valence-electron chi connectivity index (χ1n) is 4.66. The van der Waals surface area contributed by atoms with E-state index in [1.165, 1.54) is 0 Å². The van der Waals surface area contributed by atoms with Gasteiger partial charge in [0.25, 0.3) is 0 Å². The highest BCUT2D eigenvalue weighted by molar-refractivity contribution is 6.44. The van der Waals surface area contributed by atoms with Crippen LogP contribution in [0.1, 0.15) is 18.0 Å². The Kier molecular flexibility index (Phi) is 5.20. The minimum Gasteiger partial charge on any atom is -0.449 e. The van der Waals surface area contributed by atoms with Gasteiger partial charge >= 0.3 is 6.09 Å². The van der Waals surface area contributed by atoms with Crippen molar-refractivity contribution in [2.24, 2.45) is 0 Å². The standard InChI is InChI=1S/C10H8Cl3NO2.ClH/c11-5-1-2-6(12)9(13)8(5)7-3-4-16-10(15)14-7;/h1-2,7H,3-4H2,(H,14,15);1H/t7-;/m0./s1. The Morgan fingerprint density at radius 2 is 1.88 bits per heavy atom. The Morgan fingerprint density at radius 3 is 2.53 bits per heavy atom. The van der Waals surface area contributed by atoms with Crippen LogP contribution in [0.2, 0.25) is 15.1 Å². The highest BCUT2D eigenvalue weighted by Gasteiger charge is 2.25. The molecule has 1 N–H and O–H groups in total. The van der Waals surface area contributed by atoms with Gasteiger partial charge in [0.05, 0.1) is 22.7 Å². The average Bonchev–Trinajstić information content (AvgIpc) is 2.24. The maximum absolute atomic E-state index is 11.1. The van der Waals surface area contributed by atoms with Gasteiger partial charge in [-0.1, -0.05) is 34.8 Å². The number of rotatable bonds is 1. The molecule has 0 spiro atoms. The molecule has 1 heterocycles. The first kappa shape index (κ1) is 14.7. The van der Waals surface area contributed by atoms with E-state index in [0.717, 1.165) is 0 Å². The molecule has 1 aliphatic heterocycles. The first-order chi connectivity index (χ1) is 7.59. The normalized spacial score (nSPS) is 19.0. The summed E-state index contributed by atoms with van der Waals surface area (Å²) in [5.74, 6) is 0. The van der Waals surface area contributed by atoms with Crippen molar-refractivity contribution in [3.63, 3.8) is 0 Å². The van der Waals surface area contributed by atoms with Crippen molar-refractivity contribution in [3.05, 3.63) is 32.8 Å². The first-order valence-corrected chi connectivity index (χ1v) is 5.79. The molecule has 0 unspecified atom stereocenters. The molecule has 0 saturated carbocycles. The highest BCUT2D eigenvalue weighted by Crippen LogP contribution is 2.37. The fraction of sp³-hybridized carbons (Fsp3) is 0.300. The van der Waals surface area contributed by atoms with E-state index in [1.807, 2.05) is 0 Å². The van der Waals surface area contributed by atoms with E-state index in [2.05, 4.69) is 5.32 Å². The number of hydrogen-bond donors (Lipinski definition) is 1. The number of hydrogen-bond acceptors (Lipinski definition) is 2. The molecule has 17 heavy (non-hydrogen) atoms. The van der Waals surface area contributed by atoms with Gasteiger partial charge in [0.2, 0.25) is 0 Å². The van der Waals surface area contributed by atoms with Gasteiger partial charge in [-0.25, -0.2) is 4.79 Å². The van der Waals surface area contributed by atoms with Crippen molar-refractivity contribution in [2.75, 3.05) is 6.61 Å². The lowest BCUT2D eigenvalue weighted by Gasteiger charge is -2.25. The van der Waals surface area contributed by atoms with Crippen molar-refractivity contribution in [3.8, 4) is 0 Å². The van der Waals surface area contributed by atoms with E-state index < -0.39 is 6.09 Å². The molecule has 1 aromatic carbocycles. The van der Waals surface area contributed by atoms with Crippen LogP contribution in [0.3, 0.4) is 0 Å². The SMILES string of the molecule is Cl.O=C1N[C@H](c2c(Cl)ccc(Cl)c2Cl)CCO1. The van der Waals surface area contributed by atoms with Gasteiger partial charge in [0.1, 0.15) is 0 Å². The second kappa shape index (κ2) is 6.01. The van der Waals surface area contributed by atoms with Crippen molar-refractivity contribution in [2.45, 2.75) is 12.5 Å². The molecular weight excluding hydrogens is 308 g/mol. The third kappa shape index (κ3) is 3.10. The second-order valence-electron chi connectivity index (χ2n) is 3.38. The van der Waals surface area contributed by atoms with Crippen LogP contribution >= 0.6 is 47.2 Å². The number of alkyl carbamates (subject to hydrolysis) is 1. The van der Waals surface area contributed by atoms with Crippen molar-refractivity contribution in [1.82, 2.24) is 5.32 Å². The van der Waals surface area contributed by atoms with Gasteiger partial charge in [-0.05, 0) is 12.1 Å². The second-order valence-corrected chi connectivity index (χ2v) is 4.57. The number of halogens is 4. The number of carbonyl (C=O) groups excluding carboxylic acids is 1. The molecule has 7 heteroatoms. The maximum Gasteiger partial charge on any atom is 0.407 e. The summed E-state index contributed by atoms with van der Waals surface area (Å²) in [6.45, 7) is 0.343. The molecule has 1 aliphatic rings. The van der Waals surface area contributed by atoms with E-state index >= 15 is 0 Å². The van der Waals surface area contributed by atoms with Crippen molar-refractivity contribution in [1.29, 1.82) is 0 Å². The Bertz CT molecular complexity index is 439. The van der Waals surface area contributed by atoms with Gasteiger partial charge in [0, 0.05) is 17.0 Å². The maximum atomic E-state index is 11.1. The number of cyclic esters (lactones) is 1. The van der Waals surface area contributed by atoms with Crippen LogP contribution < -0.4 is 5.32 Å². The van der Waals surface area contributed by atoms with Crippen LogP contribution in [0.25, 0.3) is 0 Å². The number of amides is 1. The van der Waals surface area contributed by atoms with E-state index in [9.17, 15) is 4.79 Å². The molecule has 0 bridgehead atoms. The van der Waals surface area contributed by atoms with E-state index in [0.29, 0.717) is 33.7 Å². The molecule has 0 aliphatic carbocycles. The van der Waals surface area contributed by atoms with Crippen molar-refractivity contribution >= 4 is 53.3 Å². The van der Waals surface area contributed by atoms with E-state index in [1.54, 1.807) is 12.1 Å². The number of carbonyl (C=O) groups is 1. The largest absolute Gasteiger partial charge is 0.449 e. The van der Waals surface area contributed by atoms with Gasteiger partial charge in [-0.2, -0.15) is 0 Å². The van der Waals surface area contributed by atoms with Crippen LogP contribution in [-0.2, 0) is 4.74 Å². The average molecular weight is 317 g/mol. The molecular formula is C10H9Cl4NO2. The predicted octanol–water partition coefficient (Wildman–Crippen LogP) is 4.24.